The molecule has 0 spiro atoms. The first kappa shape index (κ1) is 20.5. The molecule has 2 aromatic carbocycles. The van der Waals surface area contributed by atoms with Gasteiger partial charge < -0.3 is 19.2 Å². The maximum absolute atomic E-state index is 13.0. The van der Waals surface area contributed by atoms with Gasteiger partial charge in [-0.15, -0.1) is 11.8 Å². The summed E-state index contributed by atoms with van der Waals surface area (Å²) in [4.78, 5) is 18.7. The number of nitrogens with one attached hydrogen (secondary N) is 1. The van der Waals surface area contributed by atoms with Crippen molar-refractivity contribution in [2.75, 3.05) is 26.5 Å². The first-order valence-corrected chi connectivity index (χ1v) is 11.1. The summed E-state index contributed by atoms with van der Waals surface area (Å²) >= 11 is 1.66. The number of fused-ring (bicyclic) bond motifs is 1. The zero-order valence-electron chi connectivity index (χ0n) is 17.0. The molecule has 1 aliphatic heterocycles. The summed E-state index contributed by atoms with van der Waals surface area (Å²) in [5.41, 5.74) is 1.88. The van der Waals surface area contributed by atoms with Crippen LogP contribution < -0.4 is 15.6 Å². The van der Waals surface area contributed by atoms with Gasteiger partial charge in [0, 0.05) is 23.4 Å². The number of hydrogen-bond acceptors (Lipinski definition) is 6. The minimum absolute atomic E-state index is 0.0610. The number of para-hydroxylation sites is 1. The molecule has 0 bridgehead atoms. The quantitative estimate of drug-likeness (QED) is 0.597. The van der Waals surface area contributed by atoms with Crippen LogP contribution in [0.3, 0.4) is 0 Å². The Morgan fingerprint density at radius 2 is 2.10 bits per heavy atom. The van der Waals surface area contributed by atoms with Crippen LogP contribution in [-0.4, -0.2) is 38.5 Å². The largest absolute Gasteiger partial charge is 0.493 e. The molecule has 30 heavy (non-hydrogen) atoms. The third kappa shape index (κ3) is 4.52. The Kier molecular flexibility index (Phi) is 6.40. The summed E-state index contributed by atoms with van der Waals surface area (Å²) in [7, 11) is 1.59. The zero-order chi connectivity index (χ0) is 20.9. The molecule has 1 N–H and O–H groups in total. The Morgan fingerprint density at radius 1 is 1.27 bits per heavy atom. The van der Waals surface area contributed by atoms with Gasteiger partial charge in [0.15, 0.2) is 11.3 Å². The number of carbonyl (C=O) groups excluding carboxylic acids is 1. The van der Waals surface area contributed by atoms with Gasteiger partial charge in [0.05, 0.1) is 18.9 Å². The molecule has 2 heterocycles. The van der Waals surface area contributed by atoms with E-state index in [2.05, 4.69) is 10.3 Å². The van der Waals surface area contributed by atoms with E-state index in [4.69, 9.17) is 13.9 Å². The topological polar surface area (TPSA) is 73.1 Å². The molecule has 6 nitrogen and oxygen atoms in total. The second-order valence-electron chi connectivity index (χ2n) is 7.00. The highest BCUT2D eigenvalue weighted by molar-refractivity contribution is 7.98. The lowest BCUT2D eigenvalue weighted by molar-refractivity contribution is 0.0854. The fourth-order valence-corrected chi connectivity index (χ4v) is 3.82. The van der Waals surface area contributed by atoms with Crippen molar-refractivity contribution in [2.45, 2.75) is 23.8 Å². The number of ether oxygens (including phenoxy) is 2. The van der Waals surface area contributed by atoms with E-state index in [0.717, 1.165) is 29.7 Å². The van der Waals surface area contributed by atoms with Crippen LogP contribution in [0.1, 0.15) is 23.2 Å². The van der Waals surface area contributed by atoms with E-state index in [0.29, 0.717) is 29.1 Å². The van der Waals surface area contributed by atoms with Gasteiger partial charge in [-0.05, 0) is 55.5 Å². The molecule has 1 aliphatic rings. The molecule has 0 aliphatic carbocycles. The maximum atomic E-state index is 13.0. The second-order valence-corrected chi connectivity index (χ2v) is 7.88. The van der Waals surface area contributed by atoms with Gasteiger partial charge >= 0.3 is 0 Å². The van der Waals surface area contributed by atoms with E-state index in [9.17, 15) is 4.79 Å². The molecule has 7 heteroatoms. The average molecular weight is 425 g/mol. The minimum atomic E-state index is -0.238. The van der Waals surface area contributed by atoms with Crippen molar-refractivity contribution in [3.05, 3.63) is 59.6 Å². The van der Waals surface area contributed by atoms with Crippen molar-refractivity contribution < 1.29 is 18.7 Å². The maximum Gasteiger partial charge on any atom is 0.256 e. The van der Waals surface area contributed by atoms with Crippen molar-refractivity contribution in [3.63, 3.8) is 0 Å². The Morgan fingerprint density at radius 3 is 2.80 bits per heavy atom. The van der Waals surface area contributed by atoms with Crippen LogP contribution in [0.25, 0.3) is 11.0 Å². The number of rotatable bonds is 6. The highest BCUT2D eigenvalue weighted by Gasteiger charge is 2.19. The van der Waals surface area contributed by atoms with Crippen LogP contribution >= 0.6 is 11.8 Å². The van der Waals surface area contributed by atoms with Gasteiger partial charge in [-0.1, -0.05) is 12.1 Å². The van der Waals surface area contributed by atoms with Crippen molar-refractivity contribution >= 4 is 34.3 Å². The Hall–Kier alpha value is -2.77. The molecule has 3 aromatic rings. The monoisotopic (exact) mass is 424 g/mol. The first-order valence-electron chi connectivity index (χ1n) is 9.87. The normalized spacial score (nSPS) is 16.7. The molecule has 1 saturated heterocycles. The molecule has 0 unspecified atom stereocenters. The van der Waals surface area contributed by atoms with Gasteiger partial charge in [-0.25, -0.2) is 4.99 Å². The Labute approximate surface area is 179 Å². The van der Waals surface area contributed by atoms with Crippen LogP contribution in [0.5, 0.6) is 5.75 Å². The molecule has 1 atom stereocenters. The Bertz CT molecular complexity index is 1100. The van der Waals surface area contributed by atoms with Gasteiger partial charge in [0.2, 0.25) is 5.55 Å². The minimum Gasteiger partial charge on any atom is -0.493 e. The molecule has 1 fully saturated rings. The average Bonchev–Trinajstić information content (AvgIpc) is 3.31. The lowest BCUT2D eigenvalue weighted by Crippen LogP contribution is -2.34. The summed E-state index contributed by atoms with van der Waals surface area (Å²) < 4.78 is 17.1. The molecule has 1 aromatic heterocycles. The smallest absolute Gasteiger partial charge is 0.256 e. The van der Waals surface area contributed by atoms with Gasteiger partial charge in [-0.2, -0.15) is 0 Å². The molecule has 0 radical (unpaired) electrons. The van der Waals surface area contributed by atoms with Gasteiger partial charge in [-0.3, -0.25) is 4.79 Å². The van der Waals surface area contributed by atoms with Crippen molar-refractivity contribution in [2.24, 2.45) is 4.99 Å². The molecule has 156 valence electrons. The second kappa shape index (κ2) is 9.36. The summed E-state index contributed by atoms with van der Waals surface area (Å²) in [6.07, 6.45) is 4.07. The van der Waals surface area contributed by atoms with E-state index < -0.39 is 0 Å². The molecule has 1 amide bonds. The van der Waals surface area contributed by atoms with E-state index >= 15 is 0 Å². The molecular weight excluding hydrogens is 400 g/mol. The standard InChI is InChI=1S/C23H24N2O4S/c1-27-20-7-3-5-15-13-19(22(26)24-14-17-6-4-12-28-17)23(29-21(15)20)25-16-8-10-18(30-2)11-9-16/h3,5,7-11,13,17H,4,6,12,14H2,1-2H3,(H,24,26)/t17-/m1/s1. The van der Waals surface area contributed by atoms with Crippen molar-refractivity contribution in [3.8, 4) is 5.75 Å². The predicted molar refractivity (Wildman–Crippen MR) is 118 cm³/mol. The lowest BCUT2D eigenvalue weighted by Gasteiger charge is -2.12. The van der Waals surface area contributed by atoms with Crippen LogP contribution in [0, 0.1) is 0 Å². The van der Waals surface area contributed by atoms with E-state index in [1.54, 1.807) is 24.9 Å². The number of methoxy groups -OCH3 is 1. The van der Waals surface area contributed by atoms with Gasteiger partial charge in [0.25, 0.3) is 5.91 Å². The summed E-state index contributed by atoms with van der Waals surface area (Å²) in [5.74, 6) is 0.353. The zero-order valence-corrected chi connectivity index (χ0v) is 17.8. The number of carbonyl (C=O) groups is 1. The molecule has 0 saturated carbocycles. The van der Waals surface area contributed by atoms with Crippen LogP contribution in [0.2, 0.25) is 0 Å². The fourth-order valence-electron chi connectivity index (χ4n) is 3.41. The number of nitrogens with zero attached hydrogens (tertiary/aromatic N) is 1. The van der Waals surface area contributed by atoms with Crippen LogP contribution in [-0.2, 0) is 4.74 Å². The predicted octanol–water partition coefficient (Wildman–Crippen LogP) is 4.30. The number of amides is 1. The third-order valence-electron chi connectivity index (χ3n) is 5.02. The molecular formula is C23H24N2O4S. The van der Waals surface area contributed by atoms with Crippen molar-refractivity contribution in [1.82, 2.24) is 5.32 Å². The van der Waals surface area contributed by atoms with Crippen molar-refractivity contribution in [1.29, 1.82) is 0 Å². The van der Waals surface area contributed by atoms with E-state index in [1.807, 2.05) is 48.7 Å². The van der Waals surface area contributed by atoms with E-state index in [1.165, 1.54) is 0 Å². The lowest BCUT2D eigenvalue weighted by atomic mass is 10.1. The highest BCUT2D eigenvalue weighted by Crippen LogP contribution is 2.25. The summed E-state index contributed by atoms with van der Waals surface area (Å²) in [5, 5.41) is 3.73. The highest BCUT2D eigenvalue weighted by atomic mass is 32.2. The summed E-state index contributed by atoms with van der Waals surface area (Å²) in [6.45, 7) is 1.22. The molecule has 4 rings (SSSR count). The first-order chi connectivity index (χ1) is 14.7. The van der Waals surface area contributed by atoms with Crippen LogP contribution in [0.4, 0.5) is 5.69 Å². The summed E-state index contributed by atoms with van der Waals surface area (Å²) in [6, 6.07) is 15.1. The number of benzene rings is 2. The van der Waals surface area contributed by atoms with E-state index in [-0.39, 0.29) is 17.6 Å². The number of thioether (sulfide) groups is 1. The fraction of sp³-hybridized carbons (Fsp3) is 0.304. The van der Waals surface area contributed by atoms with Crippen LogP contribution in [0.15, 0.2) is 62.8 Å². The third-order valence-corrected chi connectivity index (χ3v) is 5.76. The number of hydrogen-bond donors (Lipinski definition) is 1. The SMILES string of the molecule is COc1cccc2cc(C(=O)NC[C@H]3CCCO3)c(=Nc3ccc(SC)cc3)oc12. The van der Waals surface area contributed by atoms with Gasteiger partial charge in [0.1, 0.15) is 5.56 Å². The Balaban J connectivity index is 1.76.